The van der Waals surface area contributed by atoms with E-state index in [1.165, 1.54) is 18.6 Å². The van der Waals surface area contributed by atoms with Gasteiger partial charge in [0.15, 0.2) is 0 Å². The highest BCUT2D eigenvalue weighted by molar-refractivity contribution is 5.76. The van der Waals surface area contributed by atoms with Gasteiger partial charge in [-0.15, -0.1) is 0 Å². The fraction of sp³-hybridized carbons (Fsp3) is 0.611. The van der Waals surface area contributed by atoms with E-state index in [-0.39, 0.29) is 23.2 Å². The van der Waals surface area contributed by atoms with Crippen molar-refractivity contribution in [2.75, 3.05) is 6.54 Å². The van der Waals surface area contributed by atoms with Gasteiger partial charge in [0.05, 0.1) is 0 Å². The number of rotatable bonds is 6. The minimum absolute atomic E-state index is 0.0457. The molecule has 1 amide bonds. The minimum atomic E-state index is -0.212. The van der Waals surface area contributed by atoms with Crippen LogP contribution in [0.5, 0.6) is 0 Å². The van der Waals surface area contributed by atoms with E-state index in [1.54, 1.807) is 0 Å². The van der Waals surface area contributed by atoms with Gasteiger partial charge in [-0.25, -0.2) is 4.39 Å². The number of carbonyl (C=O) groups is 1. The zero-order chi connectivity index (χ0) is 16.0. The molecule has 0 saturated heterocycles. The number of carbonyl (C=O) groups excluding carboxylic acids is 1. The fourth-order valence-electron chi connectivity index (χ4n) is 3.31. The van der Waals surface area contributed by atoms with Crippen molar-refractivity contribution < 1.29 is 9.18 Å². The van der Waals surface area contributed by atoms with Crippen LogP contribution in [0.1, 0.15) is 57.4 Å². The summed E-state index contributed by atoms with van der Waals surface area (Å²) in [5.74, 6) is -0.153. The van der Waals surface area contributed by atoms with Crippen LogP contribution in [0.15, 0.2) is 24.3 Å². The summed E-state index contributed by atoms with van der Waals surface area (Å²) in [5.41, 5.74) is 6.79. The number of amides is 1. The van der Waals surface area contributed by atoms with E-state index in [0.717, 1.165) is 31.2 Å². The van der Waals surface area contributed by atoms with Crippen molar-refractivity contribution in [3.8, 4) is 0 Å². The Bertz CT molecular complexity index is 478. The summed E-state index contributed by atoms with van der Waals surface area (Å²) in [6, 6.07) is 6.82. The number of halogens is 1. The Kier molecular flexibility index (Phi) is 5.95. The molecule has 0 spiro atoms. The molecule has 22 heavy (non-hydrogen) atoms. The second-order valence-electron chi connectivity index (χ2n) is 6.64. The molecule has 2 rings (SSSR count). The summed E-state index contributed by atoms with van der Waals surface area (Å²) >= 11 is 0. The van der Waals surface area contributed by atoms with E-state index in [1.807, 2.05) is 19.1 Å². The van der Waals surface area contributed by atoms with Crippen molar-refractivity contribution in [2.24, 2.45) is 5.73 Å². The van der Waals surface area contributed by atoms with Crippen LogP contribution < -0.4 is 11.1 Å². The molecule has 1 unspecified atom stereocenters. The normalized spacial score (nSPS) is 18.7. The third-order valence-corrected chi connectivity index (χ3v) is 4.72. The van der Waals surface area contributed by atoms with Crippen molar-refractivity contribution in [1.82, 2.24) is 5.32 Å². The van der Waals surface area contributed by atoms with Gasteiger partial charge in [-0.2, -0.15) is 0 Å². The first-order valence-corrected chi connectivity index (χ1v) is 8.30. The SMILES string of the molecule is CC(N)CCC(=O)NCC1(c2ccc(F)cc2)CCCCC1. The number of nitrogens with one attached hydrogen (secondary N) is 1. The van der Waals surface area contributed by atoms with Crippen molar-refractivity contribution in [1.29, 1.82) is 0 Å². The standard InChI is InChI=1S/C18H27FN2O/c1-14(20)5-10-17(22)21-13-18(11-3-2-4-12-18)15-6-8-16(19)9-7-15/h6-9,14H,2-5,10-13,20H2,1H3,(H,21,22). The maximum absolute atomic E-state index is 13.2. The molecule has 3 nitrogen and oxygen atoms in total. The Balaban J connectivity index is 2.03. The van der Waals surface area contributed by atoms with Crippen LogP contribution in [0.3, 0.4) is 0 Å². The molecule has 1 fully saturated rings. The van der Waals surface area contributed by atoms with E-state index < -0.39 is 0 Å². The summed E-state index contributed by atoms with van der Waals surface area (Å²) < 4.78 is 13.2. The monoisotopic (exact) mass is 306 g/mol. The summed E-state index contributed by atoms with van der Waals surface area (Å²) in [5, 5.41) is 3.07. The Morgan fingerprint density at radius 2 is 1.91 bits per heavy atom. The lowest BCUT2D eigenvalue weighted by atomic mass is 9.69. The van der Waals surface area contributed by atoms with Crippen LogP contribution in [0.4, 0.5) is 4.39 Å². The highest BCUT2D eigenvalue weighted by Crippen LogP contribution is 2.39. The highest BCUT2D eigenvalue weighted by Gasteiger charge is 2.34. The average molecular weight is 306 g/mol. The molecular formula is C18H27FN2O. The Hall–Kier alpha value is -1.42. The lowest BCUT2D eigenvalue weighted by molar-refractivity contribution is -0.121. The van der Waals surface area contributed by atoms with Gasteiger partial charge in [0.1, 0.15) is 5.82 Å². The first-order chi connectivity index (χ1) is 10.5. The van der Waals surface area contributed by atoms with Gasteiger partial charge in [-0.05, 0) is 43.9 Å². The van der Waals surface area contributed by atoms with E-state index in [2.05, 4.69) is 5.32 Å². The third kappa shape index (κ3) is 4.54. The quantitative estimate of drug-likeness (QED) is 0.847. The third-order valence-electron chi connectivity index (χ3n) is 4.72. The topological polar surface area (TPSA) is 55.1 Å². The van der Waals surface area contributed by atoms with E-state index in [9.17, 15) is 9.18 Å². The molecule has 0 aliphatic heterocycles. The Morgan fingerprint density at radius 3 is 2.50 bits per heavy atom. The molecule has 0 radical (unpaired) electrons. The fourth-order valence-corrected chi connectivity index (χ4v) is 3.31. The van der Waals surface area contributed by atoms with Gasteiger partial charge in [0.25, 0.3) is 0 Å². The average Bonchev–Trinajstić information content (AvgIpc) is 2.52. The van der Waals surface area contributed by atoms with E-state index in [0.29, 0.717) is 19.4 Å². The smallest absolute Gasteiger partial charge is 0.220 e. The van der Waals surface area contributed by atoms with Crippen molar-refractivity contribution in [3.05, 3.63) is 35.6 Å². The Morgan fingerprint density at radius 1 is 1.27 bits per heavy atom. The molecule has 1 saturated carbocycles. The van der Waals surface area contributed by atoms with Crippen molar-refractivity contribution in [3.63, 3.8) is 0 Å². The molecule has 4 heteroatoms. The van der Waals surface area contributed by atoms with Crippen LogP contribution in [-0.4, -0.2) is 18.5 Å². The Labute approximate surface area is 132 Å². The first kappa shape index (κ1) is 16.9. The summed E-state index contributed by atoms with van der Waals surface area (Å²) in [6.07, 6.45) is 6.83. The van der Waals surface area contributed by atoms with Crippen LogP contribution in [0.2, 0.25) is 0 Å². The maximum atomic E-state index is 13.2. The molecule has 122 valence electrons. The number of hydrogen-bond acceptors (Lipinski definition) is 2. The molecule has 3 N–H and O–H groups in total. The van der Waals surface area contributed by atoms with Gasteiger partial charge in [-0.3, -0.25) is 4.79 Å². The van der Waals surface area contributed by atoms with Crippen LogP contribution in [0.25, 0.3) is 0 Å². The number of benzene rings is 1. The minimum Gasteiger partial charge on any atom is -0.355 e. The summed E-state index contributed by atoms with van der Waals surface area (Å²) in [7, 11) is 0. The van der Waals surface area contributed by atoms with E-state index >= 15 is 0 Å². The molecular weight excluding hydrogens is 279 g/mol. The largest absolute Gasteiger partial charge is 0.355 e. The zero-order valence-electron chi connectivity index (χ0n) is 13.4. The van der Waals surface area contributed by atoms with Gasteiger partial charge in [-0.1, -0.05) is 31.4 Å². The van der Waals surface area contributed by atoms with Gasteiger partial charge in [0.2, 0.25) is 5.91 Å². The van der Waals surface area contributed by atoms with Crippen molar-refractivity contribution in [2.45, 2.75) is 63.3 Å². The lowest BCUT2D eigenvalue weighted by Gasteiger charge is -2.38. The second kappa shape index (κ2) is 7.73. The second-order valence-corrected chi connectivity index (χ2v) is 6.64. The molecule has 1 aromatic rings. The number of hydrogen-bond donors (Lipinski definition) is 2. The predicted molar refractivity (Wildman–Crippen MR) is 87.1 cm³/mol. The predicted octanol–water partition coefficient (Wildman–Crippen LogP) is 3.27. The van der Waals surface area contributed by atoms with Crippen LogP contribution >= 0.6 is 0 Å². The van der Waals surface area contributed by atoms with Gasteiger partial charge < -0.3 is 11.1 Å². The molecule has 1 aliphatic carbocycles. The molecule has 1 atom stereocenters. The molecule has 0 bridgehead atoms. The van der Waals surface area contributed by atoms with Gasteiger partial charge >= 0.3 is 0 Å². The van der Waals surface area contributed by atoms with E-state index in [4.69, 9.17) is 5.73 Å². The van der Waals surface area contributed by atoms with Crippen LogP contribution in [0, 0.1) is 5.82 Å². The first-order valence-electron chi connectivity index (χ1n) is 8.30. The molecule has 0 heterocycles. The maximum Gasteiger partial charge on any atom is 0.220 e. The lowest BCUT2D eigenvalue weighted by Crippen LogP contribution is -2.42. The number of nitrogens with two attached hydrogens (primary N) is 1. The summed E-state index contributed by atoms with van der Waals surface area (Å²) in [4.78, 5) is 12.0. The summed E-state index contributed by atoms with van der Waals surface area (Å²) in [6.45, 7) is 2.55. The van der Waals surface area contributed by atoms with Crippen molar-refractivity contribution >= 4 is 5.91 Å². The molecule has 1 aliphatic rings. The van der Waals surface area contributed by atoms with Crippen LogP contribution in [-0.2, 0) is 10.2 Å². The molecule has 0 aromatic heterocycles. The zero-order valence-corrected chi connectivity index (χ0v) is 13.4. The molecule has 1 aromatic carbocycles. The highest BCUT2D eigenvalue weighted by atomic mass is 19.1. The van der Waals surface area contributed by atoms with Gasteiger partial charge in [0, 0.05) is 24.4 Å².